The van der Waals surface area contributed by atoms with E-state index in [0.29, 0.717) is 12.3 Å². The first-order chi connectivity index (χ1) is 15.4. The van der Waals surface area contributed by atoms with Gasteiger partial charge in [-0.2, -0.15) is 13.2 Å². The Labute approximate surface area is 185 Å². The van der Waals surface area contributed by atoms with E-state index in [1.54, 1.807) is 0 Å². The van der Waals surface area contributed by atoms with Gasteiger partial charge in [-0.1, -0.05) is 6.07 Å². The number of carbonyl (C=O) groups is 1. The summed E-state index contributed by atoms with van der Waals surface area (Å²) in [6, 6.07) is 8.89. The molecule has 7 nitrogen and oxygen atoms in total. The molecule has 0 radical (unpaired) electrons. The molecule has 0 saturated heterocycles. The Morgan fingerprint density at radius 2 is 1.76 bits per heavy atom. The fourth-order valence-electron chi connectivity index (χ4n) is 2.69. The van der Waals surface area contributed by atoms with Crippen molar-refractivity contribution in [3.8, 4) is 17.2 Å². The zero-order chi connectivity index (χ0) is 24.4. The van der Waals surface area contributed by atoms with Gasteiger partial charge in [-0.25, -0.2) is 12.8 Å². The summed E-state index contributed by atoms with van der Waals surface area (Å²) in [5.41, 5.74) is -1.64. The van der Waals surface area contributed by atoms with Gasteiger partial charge >= 0.3 is 6.18 Å². The lowest BCUT2D eigenvalue weighted by atomic mass is 10.2. The van der Waals surface area contributed by atoms with Gasteiger partial charge in [-0.3, -0.25) is 9.78 Å². The molecule has 0 spiro atoms. The number of benzene rings is 2. The summed E-state index contributed by atoms with van der Waals surface area (Å²) >= 11 is 0. The number of ether oxygens (including phenoxy) is 2. The second kappa shape index (κ2) is 9.06. The van der Waals surface area contributed by atoms with Crippen LogP contribution in [-0.2, 0) is 16.0 Å². The van der Waals surface area contributed by atoms with Crippen LogP contribution >= 0.6 is 0 Å². The van der Waals surface area contributed by atoms with Gasteiger partial charge < -0.3 is 14.8 Å². The summed E-state index contributed by atoms with van der Waals surface area (Å²) in [6.45, 7) is 0. The van der Waals surface area contributed by atoms with E-state index >= 15 is 0 Å². The highest BCUT2D eigenvalue weighted by atomic mass is 32.2. The van der Waals surface area contributed by atoms with Gasteiger partial charge in [0.1, 0.15) is 22.8 Å². The third-order valence-corrected chi connectivity index (χ3v) is 5.38. The Morgan fingerprint density at radius 1 is 1.03 bits per heavy atom. The third kappa shape index (κ3) is 5.77. The Balaban J connectivity index is 2.02. The number of halogens is 4. The maximum atomic E-state index is 13.5. The van der Waals surface area contributed by atoms with E-state index in [2.05, 4.69) is 10.3 Å². The minimum Gasteiger partial charge on any atom is -0.493 e. The Kier molecular flexibility index (Phi) is 6.58. The van der Waals surface area contributed by atoms with Gasteiger partial charge in [0, 0.05) is 30.3 Å². The van der Waals surface area contributed by atoms with Crippen LogP contribution in [0.4, 0.5) is 23.2 Å². The van der Waals surface area contributed by atoms with Crippen molar-refractivity contribution in [1.29, 1.82) is 0 Å². The Bertz CT molecular complexity index is 1310. The highest BCUT2D eigenvalue weighted by Crippen LogP contribution is 2.37. The largest absolute Gasteiger partial charge is 0.493 e. The molecule has 33 heavy (non-hydrogen) atoms. The molecule has 3 aromatic rings. The van der Waals surface area contributed by atoms with Crippen molar-refractivity contribution < 1.29 is 40.2 Å². The number of hydrogen-bond donors (Lipinski definition) is 1. The molecule has 0 unspecified atom stereocenters. The second-order valence-corrected chi connectivity index (χ2v) is 8.73. The highest BCUT2D eigenvalue weighted by molar-refractivity contribution is 7.90. The van der Waals surface area contributed by atoms with Gasteiger partial charge in [0.15, 0.2) is 21.3 Å². The fraction of sp³-hybridized carbons (Fsp3) is 0.143. The molecule has 3 rings (SSSR count). The predicted octanol–water partition coefficient (Wildman–Crippen LogP) is 4.70. The molecular weight excluding hydrogens is 468 g/mol. The van der Waals surface area contributed by atoms with E-state index in [1.165, 1.54) is 31.4 Å². The van der Waals surface area contributed by atoms with Crippen molar-refractivity contribution in [3.05, 3.63) is 71.8 Å². The lowest BCUT2D eigenvalue weighted by Crippen LogP contribution is -2.16. The Morgan fingerprint density at radius 3 is 2.39 bits per heavy atom. The van der Waals surface area contributed by atoms with Crippen LogP contribution in [0.5, 0.6) is 17.2 Å². The number of rotatable bonds is 6. The lowest BCUT2D eigenvalue weighted by molar-refractivity contribution is -0.141. The van der Waals surface area contributed by atoms with E-state index < -0.39 is 39.2 Å². The SMILES string of the molecule is COc1cc(F)ccc1Oc1cc(C(F)(F)F)ncc1C(=O)Nc1cccc(S(C)(=O)=O)c1. The van der Waals surface area contributed by atoms with E-state index in [0.717, 1.165) is 24.5 Å². The van der Waals surface area contributed by atoms with Crippen molar-refractivity contribution in [2.75, 3.05) is 18.7 Å². The summed E-state index contributed by atoms with van der Waals surface area (Å²) in [7, 11) is -2.36. The van der Waals surface area contributed by atoms with E-state index in [1.807, 2.05) is 0 Å². The number of nitrogens with zero attached hydrogens (tertiary/aromatic N) is 1. The first-order valence-electron chi connectivity index (χ1n) is 9.08. The van der Waals surface area contributed by atoms with Crippen LogP contribution in [0.2, 0.25) is 0 Å². The normalized spacial score (nSPS) is 11.7. The molecule has 12 heteroatoms. The molecule has 1 heterocycles. The number of nitrogens with one attached hydrogen (secondary N) is 1. The minimum atomic E-state index is -4.83. The van der Waals surface area contributed by atoms with Crippen LogP contribution in [0.3, 0.4) is 0 Å². The van der Waals surface area contributed by atoms with E-state index in [-0.39, 0.29) is 27.6 Å². The summed E-state index contributed by atoms with van der Waals surface area (Å²) in [4.78, 5) is 16.0. The standard InChI is InChI=1S/C21H16F4N2O5S/c1-31-18-8-12(22)6-7-16(18)32-17-10-19(21(23,24)25)26-11-15(17)20(28)27-13-4-3-5-14(9-13)33(2,29)30/h3-11H,1-2H3,(H,27,28). The van der Waals surface area contributed by atoms with Crippen LogP contribution in [0.1, 0.15) is 16.1 Å². The van der Waals surface area contributed by atoms with Gasteiger partial charge in [0.2, 0.25) is 0 Å². The minimum absolute atomic E-state index is 0.0710. The Hall–Kier alpha value is -3.67. The number of pyridine rings is 1. The number of carbonyl (C=O) groups excluding carboxylic acids is 1. The maximum absolute atomic E-state index is 13.5. The van der Waals surface area contributed by atoms with Crippen molar-refractivity contribution >= 4 is 21.4 Å². The number of sulfone groups is 1. The van der Waals surface area contributed by atoms with Gasteiger partial charge in [0.05, 0.1) is 12.0 Å². The zero-order valence-corrected chi connectivity index (χ0v) is 17.9. The number of methoxy groups -OCH3 is 1. The summed E-state index contributed by atoms with van der Waals surface area (Å²) in [6.07, 6.45) is -3.18. The maximum Gasteiger partial charge on any atom is 0.433 e. The second-order valence-electron chi connectivity index (χ2n) is 6.71. The van der Waals surface area contributed by atoms with Crippen molar-refractivity contribution in [3.63, 3.8) is 0 Å². The quantitative estimate of drug-likeness (QED) is 0.510. The topological polar surface area (TPSA) is 94.6 Å². The average molecular weight is 484 g/mol. The molecule has 0 aliphatic heterocycles. The summed E-state index contributed by atoms with van der Waals surface area (Å²) in [5.74, 6) is -2.38. The first kappa shape index (κ1) is 24.0. The van der Waals surface area contributed by atoms with E-state index in [4.69, 9.17) is 9.47 Å². The van der Waals surface area contributed by atoms with Crippen LogP contribution in [0.15, 0.2) is 59.6 Å². The first-order valence-corrected chi connectivity index (χ1v) is 11.0. The molecule has 0 aliphatic carbocycles. The summed E-state index contributed by atoms with van der Waals surface area (Å²) in [5, 5.41) is 2.40. The van der Waals surface area contributed by atoms with Gasteiger partial charge in [0.25, 0.3) is 5.91 Å². The highest BCUT2D eigenvalue weighted by Gasteiger charge is 2.34. The van der Waals surface area contributed by atoms with Gasteiger partial charge in [-0.15, -0.1) is 0 Å². The number of amides is 1. The zero-order valence-electron chi connectivity index (χ0n) is 17.1. The molecule has 1 aromatic heterocycles. The van der Waals surface area contributed by atoms with Crippen molar-refractivity contribution in [2.45, 2.75) is 11.1 Å². The monoisotopic (exact) mass is 484 g/mol. The molecular formula is C21H16F4N2O5S. The van der Waals surface area contributed by atoms with Crippen molar-refractivity contribution in [1.82, 2.24) is 4.98 Å². The lowest BCUT2D eigenvalue weighted by Gasteiger charge is -2.15. The van der Waals surface area contributed by atoms with Crippen LogP contribution < -0.4 is 14.8 Å². The van der Waals surface area contributed by atoms with Crippen molar-refractivity contribution in [2.24, 2.45) is 0 Å². The molecule has 0 saturated carbocycles. The van der Waals surface area contributed by atoms with Crippen LogP contribution in [0, 0.1) is 5.82 Å². The van der Waals surface area contributed by atoms with Crippen LogP contribution in [-0.4, -0.2) is 32.7 Å². The van der Waals surface area contributed by atoms with Crippen LogP contribution in [0.25, 0.3) is 0 Å². The third-order valence-electron chi connectivity index (χ3n) is 4.27. The molecule has 0 fully saturated rings. The molecule has 1 N–H and O–H groups in total. The summed E-state index contributed by atoms with van der Waals surface area (Å²) < 4.78 is 86.9. The molecule has 174 valence electrons. The molecule has 0 aliphatic rings. The van der Waals surface area contributed by atoms with Gasteiger partial charge in [-0.05, 0) is 30.3 Å². The van der Waals surface area contributed by atoms with E-state index in [9.17, 15) is 30.8 Å². The fourth-order valence-corrected chi connectivity index (χ4v) is 3.36. The molecule has 0 bridgehead atoms. The predicted molar refractivity (Wildman–Crippen MR) is 110 cm³/mol. The molecule has 2 aromatic carbocycles. The molecule has 0 atom stereocenters. The smallest absolute Gasteiger partial charge is 0.433 e. The molecule has 1 amide bonds. The average Bonchev–Trinajstić information content (AvgIpc) is 2.73. The number of hydrogen-bond acceptors (Lipinski definition) is 6. The number of aromatic nitrogens is 1. The number of anilines is 1. The number of alkyl halides is 3.